The molecule has 3 atom stereocenters. The second kappa shape index (κ2) is 9.56. The van der Waals surface area contributed by atoms with Crippen LogP contribution in [0.4, 0.5) is 0 Å². The smallest absolute Gasteiger partial charge is 0.138 e. The highest BCUT2D eigenvalue weighted by Gasteiger charge is 2.41. The van der Waals surface area contributed by atoms with Gasteiger partial charge in [-0.2, -0.15) is 0 Å². The summed E-state index contributed by atoms with van der Waals surface area (Å²) in [7, 11) is 6.18. The summed E-state index contributed by atoms with van der Waals surface area (Å²) in [6.07, 6.45) is 16.3. The second-order valence-corrected chi connectivity index (χ2v) is 7.85. The van der Waals surface area contributed by atoms with Crippen molar-refractivity contribution < 1.29 is 4.74 Å². The number of allylic oxidation sites excluding steroid dienone is 3. The number of hydrogen-bond donors (Lipinski definition) is 0. The first-order valence-electron chi connectivity index (χ1n) is 9.26. The monoisotopic (exact) mass is 365 g/mol. The SMILES string of the molecule is CCCCC1(Cl)C=CC=CC1C(OCCCN(C)C)c1nccn1C. The van der Waals surface area contributed by atoms with Crippen molar-refractivity contribution in [1.29, 1.82) is 0 Å². The van der Waals surface area contributed by atoms with Gasteiger partial charge in [-0.15, -0.1) is 11.6 Å². The zero-order chi connectivity index (χ0) is 18.3. The maximum atomic E-state index is 7.08. The Kier molecular flexibility index (Phi) is 7.73. The van der Waals surface area contributed by atoms with Crippen LogP contribution in [0.25, 0.3) is 0 Å². The average molecular weight is 366 g/mol. The fraction of sp³-hybridized carbons (Fsp3) is 0.650. The maximum absolute atomic E-state index is 7.08. The van der Waals surface area contributed by atoms with E-state index in [0.29, 0.717) is 6.61 Å². The predicted octanol–water partition coefficient (Wildman–Crippen LogP) is 4.34. The molecule has 0 amide bonds. The van der Waals surface area contributed by atoms with Gasteiger partial charge in [0.1, 0.15) is 11.9 Å². The quantitative estimate of drug-likeness (QED) is 0.456. The lowest BCUT2D eigenvalue weighted by Gasteiger charge is -2.38. The zero-order valence-electron chi connectivity index (χ0n) is 16.0. The molecule has 2 rings (SSSR count). The molecule has 0 N–H and O–H groups in total. The van der Waals surface area contributed by atoms with E-state index in [-0.39, 0.29) is 12.0 Å². The number of aromatic nitrogens is 2. The number of alkyl halides is 1. The van der Waals surface area contributed by atoms with Crippen LogP contribution in [0.1, 0.15) is 44.5 Å². The summed E-state index contributed by atoms with van der Waals surface area (Å²) >= 11 is 7.08. The van der Waals surface area contributed by atoms with Crippen LogP contribution in [0.15, 0.2) is 36.7 Å². The van der Waals surface area contributed by atoms with E-state index in [1.54, 1.807) is 0 Å². The van der Waals surface area contributed by atoms with E-state index in [9.17, 15) is 0 Å². The Morgan fingerprint density at radius 2 is 2.16 bits per heavy atom. The molecular weight excluding hydrogens is 334 g/mol. The van der Waals surface area contributed by atoms with Gasteiger partial charge in [0.25, 0.3) is 0 Å². The lowest BCUT2D eigenvalue weighted by atomic mass is 9.80. The number of ether oxygens (including phenoxy) is 1. The van der Waals surface area contributed by atoms with Gasteiger partial charge in [-0.1, -0.05) is 44.1 Å². The number of nitrogens with zero attached hydrogens (tertiary/aromatic N) is 3. The molecule has 0 aliphatic heterocycles. The van der Waals surface area contributed by atoms with Crippen molar-refractivity contribution in [2.45, 2.75) is 43.6 Å². The highest BCUT2D eigenvalue weighted by Crippen LogP contribution is 2.44. The molecule has 4 nitrogen and oxygen atoms in total. The van der Waals surface area contributed by atoms with E-state index in [2.05, 4.69) is 55.2 Å². The second-order valence-electron chi connectivity index (χ2n) is 7.14. The Hall–Kier alpha value is -1.10. The van der Waals surface area contributed by atoms with Gasteiger partial charge in [0.15, 0.2) is 0 Å². The fourth-order valence-corrected chi connectivity index (χ4v) is 3.70. The molecule has 140 valence electrons. The lowest BCUT2D eigenvalue weighted by molar-refractivity contribution is 0.00452. The minimum absolute atomic E-state index is 0.0752. The highest BCUT2D eigenvalue weighted by atomic mass is 35.5. The molecule has 0 aromatic carbocycles. The molecule has 1 aliphatic carbocycles. The van der Waals surface area contributed by atoms with E-state index < -0.39 is 4.87 Å². The van der Waals surface area contributed by atoms with E-state index in [1.807, 2.05) is 24.0 Å². The average Bonchev–Trinajstić information content (AvgIpc) is 3.00. The van der Waals surface area contributed by atoms with Crippen molar-refractivity contribution in [2.24, 2.45) is 13.0 Å². The van der Waals surface area contributed by atoms with Crippen LogP contribution in [0.3, 0.4) is 0 Å². The van der Waals surface area contributed by atoms with Gasteiger partial charge in [-0.05, 0) is 33.5 Å². The Morgan fingerprint density at radius 3 is 2.80 bits per heavy atom. The van der Waals surface area contributed by atoms with E-state index in [0.717, 1.165) is 38.1 Å². The van der Waals surface area contributed by atoms with Crippen LogP contribution >= 0.6 is 11.6 Å². The fourth-order valence-electron chi connectivity index (χ4n) is 3.30. The highest BCUT2D eigenvalue weighted by molar-refractivity contribution is 6.25. The first-order chi connectivity index (χ1) is 12.0. The molecule has 1 aromatic rings. The van der Waals surface area contributed by atoms with Gasteiger partial charge in [0.05, 0.1) is 4.87 Å². The van der Waals surface area contributed by atoms with E-state index >= 15 is 0 Å². The van der Waals surface area contributed by atoms with Gasteiger partial charge < -0.3 is 14.2 Å². The predicted molar refractivity (Wildman–Crippen MR) is 105 cm³/mol. The van der Waals surface area contributed by atoms with Gasteiger partial charge in [-0.3, -0.25) is 0 Å². The number of unbranched alkanes of at least 4 members (excludes halogenated alkanes) is 1. The third kappa shape index (κ3) is 5.44. The Morgan fingerprint density at radius 1 is 1.36 bits per heavy atom. The van der Waals surface area contributed by atoms with Crippen LogP contribution in [0.5, 0.6) is 0 Å². The molecule has 0 saturated heterocycles. The molecule has 0 spiro atoms. The normalized spacial score (nSPS) is 24.2. The van der Waals surface area contributed by atoms with E-state index in [4.69, 9.17) is 16.3 Å². The van der Waals surface area contributed by atoms with Crippen LogP contribution in [-0.4, -0.2) is 46.6 Å². The number of imidazole rings is 1. The first-order valence-corrected chi connectivity index (χ1v) is 9.64. The molecule has 0 saturated carbocycles. The molecule has 0 radical (unpaired) electrons. The van der Waals surface area contributed by atoms with Crippen molar-refractivity contribution in [3.05, 3.63) is 42.5 Å². The Bertz CT molecular complexity index is 581. The van der Waals surface area contributed by atoms with Crippen LogP contribution in [-0.2, 0) is 11.8 Å². The Labute approximate surface area is 157 Å². The number of hydrogen-bond acceptors (Lipinski definition) is 3. The minimum atomic E-state index is -0.414. The summed E-state index contributed by atoms with van der Waals surface area (Å²) in [5.41, 5.74) is 0. The van der Waals surface area contributed by atoms with Crippen LogP contribution < -0.4 is 0 Å². The maximum Gasteiger partial charge on any atom is 0.138 e. The third-order valence-electron chi connectivity index (χ3n) is 4.76. The van der Waals surface area contributed by atoms with Gasteiger partial charge >= 0.3 is 0 Å². The molecule has 1 heterocycles. The number of rotatable bonds is 10. The molecular formula is C20H32ClN3O. The van der Waals surface area contributed by atoms with Crippen molar-refractivity contribution >= 4 is 11.6 Å². The summed E-state index contributed by atoms with van der Waals surface area (Å²) in [4.78, 5) is 6.32. The largest absolute Gasteiger partial charge is 0.370 e. The third-order valence-corrected chi connectivity index (χ3v) is 5.32. The van der Waals surface area contributed by atoms with Crippen molar-refractivity contribution in [3.8, 4) is 0 Å². The molecule has 0 fully saturated rings. The van der Waals surface area contributed by atoms with Crippen LogP contribution in [0.2, 0.25) is 0 Å². The zero-order valence-corrected chi connectivity index (χ0v) is 16.7. The number of halogens is 1. The van der Waals surface area contributed by atoms with E-state index in [1.165, 1.54) is 0 Å². The van der Waals surface area contributed by atoms with Crippen molar-refractivity contribution in [2.75, 3.05) is 27.2 Å². The Balaban J connectivity index is 2.19. The molecule has 0 bridgehead atoms. The summed E-state index contributed by atoms with van der Waals surface area (Å²) in [6.45, 7) is 3.91. The number of aryl methyl sites for hydroxylation is 1. The summed E-state index contributed by atoms with van der Waals surface area (Å²) in [5.74, 6) is 1.02. The summed E-state index contributed by atoms with van der Waals surface area (Å²) in [5, 5.41) is 0. The molecule has 1 aliphatic rings. The standard InChI is InChI=1S/C20H32ClN3O/c1-5-6-11-20(21)12-8-7-10-17(20)18(19-22-13-15-24(19)4)25-16-9-14-23(2)3/h7-8,10,12-13,15,17-18H,5-6,9,11,14,16H2,1-4H3. The lowest BCUT2D eigenvalue weighted by Crippen LogP contribution is -2.37. The van der Waals surface area contributed by atoms with Gasteiger partial charge in [-0.25, -0.2) is 4.98 Å². The topological polar surface area (TPSA) is 30.3 Å². The van der Waals surface area contributed by atoms with Crippen molar-refractivity contribution in [3.63, 3.8) is 0 Å². The summed E-state index contributed by atoms with van der Waals surface area (Å²) in [6, 6.07) is 0. The van der Waals surface area contributed by atoms with Gasteiger partial charge in [0.2, 0.25) is 0 Å². The first kappa shape index (κ1) is 20.2. The molecule has 5 heteroatoms. The van der Waals surface area contributed by atoms with Crippen LogP contribution in [0, 0.1) is 5.92 Å². The molecule has 3 unspecified atom stereocenters. The summed E-state index contributed by atoms with van der Waals surface area (Å²) < 4.78 is 8.39. The van der Waals surface area contributed by atoms with Crippen molar-refractivity contribution in [1.82, 2.24) is 14.5 Å². The molecule has 25 heavy (non-hydrogen) atoms. The molecule has 1 aromatic heterocycles. The minimum Gasteiger partial charge on any atom is -0.370 e. The van der Waals surface area contributed by atoms with Gasteiger partial charge in [0, 0.05) is 32.0 Å².